The van der Waals surface area contributed by atoms with Crippen molar-refractivity contribution in [1.82, 2.24) is 10.2 Å². The van der Waals surface area contributed by atoms with Crippen molar-refractivity contribution in [2.24, 2.45) is 5.92 Å². The number of nitrogens with one attached hydrogen (secondary N) is 1. The van der Waals surface area contributed by atoms with Gasteiger partial charge in [-0.15, -0.1) is 0 Å². The van der Waals surface area contributed by atoms with Crippen LogP contribution in [0, 0.1) is 5.92 Å². The Morgan fingerprint density at radius 2 is 2.24 bits per heavy atom. The highest BCUT2D eigenvalue weighted by Gasteiger charge is 2.20. The molecule has 2 atom stereocenters. The SMILES string of the molecule is C[C@H]1CCCN(CC(=O)N[C@@H](C)c2ccc(Cl)cc2Cl)C1. The summed E-state index contributed by atoms with van der Waals surface area (Å²) in [5.41, 5.74) is 0.890. The molecule has 2 rings (SSSR count). The Morgan fingerprint density at radius 3 is 2.90 bits per heavy atom. The highest BCUT2D eigenvalue weighted by Crippen LogP contribution is 2.26. The lowest BCUT2D eigenvalue weighted by atomic mass is 10.0. The van der Waals surface area contributed by atoms with E-state index in [1.54, 1.807) is 12.1 Å². The number of benzene rings is 1. The van der Waals surface area contributed by atoms with Crippen molar-refractivity contribution in [1.29, 1.82) is 0 Å². The maximum Gasteiger partial charge on any atom is 0.234 e. The van der Waals surface area contributed by atoms with Gasteiger partial charge in [0.1, 0.15) is 0 Å². The molecule has 0 unspecified atom stereocenters. The third-order valence-corrected chi connectivity index (χ3v) is 4.48. The molecule has 1 N–H and O–H groups in total. The van der Waals surface area contributed by atoms with E-state index in [1.807, 2.05) is 13.0 Å². The van der Waals surface area contributed by atoms with E-state index in [0.29, 0.717) is 22.5 Å². The van der Waals surface area contributed by atoms with Crippen LogP contribution < -0.4 is 5.32 Å². The molecule has 1 heterocycles. The lowest BCUT2D eigenvalue weighted by Gasteiger charge is -2.30. The van der Waals surface area contributed by atoms with Crippen molar-refractivity contribution in [3.8, 4) is 0 Å². The van der Waals surface area contributed by atoms with E-state index in [-0.39, 0.29) is 11.9 Å². The highest BCUT2D eigenvalue weighted by atomic mass is 35.5. The molecule has 3 nitrogen and oxygen atoms in total. The van der Waals surface area contributed by atoms with E-state index in [2.05, 4.69) is 17.1 Å². The fraction of sp³-hybridized carbons (Fsp3) is 0.562. The zero-order valence-corrected chi connectivity index (χ0v) is 14.0. The van der Waals surface area contributed by atoms with Gasteiger partial charge in [0.25, 0.3) is 0 Å². The van der Waals surface area contributed by atoms with E-state index >= 15 is 0 Å². The first-order chi connectivity index (χ1) is 9.95. The van der Waals surface area contributed by atoms with E-state index < -0.39 is 0 Å². The van der Waals surface area contributed by atoms with Crippen LogP contribution in [-0.4, -0.2) is 30.4 Å². The number of piperidine rings is 1. The molecule has 1 aromatic carbocycles. The first-order valence-corrected chi connectivity index (χ1v) is 8.18. The largest absolute Gasteiger partial charge is 0.348 e. The Hall–Kier alpha value is -0.770. The number of amides is 1. The van der Waals surface area contributed by atoms with E-state index in [9.17, 15) is 4.79 Å². The van der Waals surface area contributed by atoms with Gasteiger partial charge in [-0.1, -0.05) is 36.2 Å². The van der Waals surface area contributed by atoms with E-state index in [0.717, 1.165) is 18.7 Å². The average Bonchev–Trinajstić information content (AvgIpc) is 2.38. The van der Waals surface area contributed by atoms with Crippen LogP contribution in [0.5, 0.6) is 0 Å². The topological polar surface area (TPSA) is 32.3 Å². The third kappa shape index (κ3) is 4.87. The lowest BCUT2D eigenvalue weighted by Crippen LogP contribution is -2.42. The molecule has 0 spiro atoms. The Morgan fingerprint density at radius 1 is 1.48 bits per heavy atom. The number of nitrogens with zero attached hydrogens (tertiary/aromatic N) is 1. The maximum atomic E-state index is 12.2. The number of halogens is 2. The average molecular weight is 329 g/mol. The molecule has 21 heavy (non-hydrogen) atoms. The van der Waals surface area contributed by atoms with Gasteiger partial charge in [-0.05, 0) is 49.9 Å². The minimum absolute atomic E-state index is 0.0441. The monoisotopic (exact) mass is 328 g/mol. The quantitative estimate of drug-likeness (QED) is 0.908. The molecule has 1 saturated heterocycles. The van der Waals surface area contributed by atoms with Crippen LogP contribution in [-0.2, 0) is 4.79 Å². The van der Waals surface area contributed by atoms with Gasteiger partial charge in [0, 0.05) is 16.6 Å². The predicted octanol–water partition coefficient (Wildman–Crippen LogP) is 3.90. The van der Waals surface area contributed by atoms with Gasteiger partial charge in [-0.2, -0.15) is 0 Å². The molecule has 5 heteroatoms. The third-order valence-electron chi connectivity index (χ3n) is 3.91. The first kappa shape index (κ1) is 16.6. The first-order valence-electron chi connectivity index (χ1n) is 7.42. The number of rotatable bonds is 4. The Labute approximate surface area is 136 Å². The Bertz CT molecular complexity index is 507. The van der Waals surface area contributed by atoms with Crippen molar-refractivity contribution in [2.45, 2.75) is 32.7 Å². The molecule has 1 aliphatic rings. The molecule has 116 valence electrons. The minimum atomic E-state index is -0.121. The van der Waals surface area contributed by atoms with Crippen molar-refractivity contribution in [2.75, 3.05) is 19.6 Å². The molecule has 0 aromatic heterocycles. The molecule has 0 saturated carbocycles. The van der Waals surface area contributed by atoms with Gasteiger partial charge in [0.05, 0.1) is 12.6 Å². The number of hydrogen-bond acceptors (Lipinski definition) is 2. The second-order valence-electron chi connectivity index (χ2n) is 5.94. The summed E-state index contributed by atoms with van der Waals surface area (Å²) in [5, 5.41) is 4.20. The second kappa shape index (κ2) is 7.48. The van der Waals surface area contributed by atoms with Crippen LogP contribution in [0.4, 0.5) is 0 Å². The zero-order valence-electron chi connectivity index (χ0n) is 12.5. The van der Waals surface area contributed by atoms with Gasteiger partial charge in [0.15, 0.2) is 0 Å². The van der Waals surface area contributed by atoms with Crippen molar-refractivity contribution >= 4 is 29.1 Å². The molecule has 0 aliphatic carbocycles. The zero-order chi connectivity index (χ0) is 15.4. The summed E-state index contributed by atoms with van der Waals surface area (Å²) in [6, 6.07) is 5.23. The fourth-order valence-electron chi connectivity index (χ4n) is 2.85. The molecule has 1 aliphatic heterocycles. The summed E-state index contributed by atoms with van der Waals surface area (Å²) in [5.74, 6) is 0.720. The van der Waals surface area contributed by atoms with Crippen LogP contribution in [0.3, 0.4) is 0 Å². The summed E-state index contributed by atoms with van der Waals surface area (Å²) >= 11 is 12.1. The molecule has 1 aromatic rings. The van der Waals surface area contributed by atoms with Gasteiger partial charge < -0.3 is 5.32 Å². The molecule has 0 radical (unpaired) electrons. The summed E-state index contributed by atoms with van der Waals surface area (Å²) in [7, 11) is 0. The fourth-order valence-corrected chi connectivity index (χ4v) is 3.42. The maximum absolute atomic E-state index is 12.2. The van der Waals surface area contributed by atoms with Crippen molar-refractivity contribution in [3.63, 3.8) is 0 Å². The van der Waals surface area contributed by atoms with Crippen molar-refractivity contribution in [3.05, 3.63) is 33.8 Å². The molecule has 1 fully saturated rings. The molecule has 0 bridgehead atoms. The van der Waals surface area contributed by atoms with E-state index in [4.69, 9.17) is 23.2 Å². The summed E-state index contributed by atoms with van der Waals surface area (Å²) in [6.45, 7) is 6.64. The minimum Gasteiger partial charge on any atom is -0.348 e. The van der Waals surface area contributed by atoms with Crippen LogP contribution >= 0.6 is 23.2 Å². The summed E-state index contributed by atoms with van der Waals surface area (Å²) < 4.78 is 0. The van der Waals surface area contributed by atoms with Crippen LogP contribution in [0.25, 0.3) is 0 Å². The standard InChI is InChI=1S/C16H22Cl2N2O/c1-11-4-3-7-20(9-11)10-16(21)19-12(2)14-6-5-13(17)8-15(14)18/h5-6,8,11-12H,3-4,7,9-10H2,1-2H3,(H,19,21)/t11-,12-/m0/s1. The number of hydrogen-bond donors (Lipinski definition) is 1. The smallest absolute Gasteiger partial charge is 0.234 e. The van der Waals surface area contributed by atoms with Crippen LogP contribution in [0.1, 0.15) is 38.3 Å². The number of carbonyl (C=O) groups excluding carboxylic acids is 1. The van der Waals surface area contributed by atoms with Gasteiger partial charge in [-0.3, -0.25) is 9.69 Å². The Balaban J connectivity index is 1.89. The van der Waals surface area contributed by atoms with Gasteiger partial charge in [0.2, 0.25) is 5.91 Å². The van der Waals surface area contributed by atoms with Crippen LogP contribution in [0.15, 0.2) is 18.2 Å². The number of likely N-dealkylation sites (tertiary alicyclic amines) is 1. The Kier molecular flexibility index (Phi) is 5.91. The van der Waals surface area contributed by atoms with Gasteiger partial charge in [-0.25, -0.2) is 0 Å². The normalized spacial score (nSPS) is 21.0. The summed E-state index contributed by atoms with van der Waals surface area (Å²) in [4.78, 5) is 14.4. The number of carbonyl (C=O) groups is 1. The summed E-state index contributed by atoms with van der Waals surface area (Å²) in [6.07, 6.45) is 2.43. The predicted molar refractivity (Wildman–Crippen MR) is 87.9 cm³/mol. The molecule has 1 amide bonds. The van der Waals surface area contributed by atoms with Gasteiger partial charge >= 0.3 is 0 Å². The molecular weight excluding hydrogens is 307 g/mol. The van der Waals surface area contributed by atoms with Crippen LogP contribution in [0.2, 0.25) is 10.0 Å². The molecular formula is C16H22Cl2N2O. The second-order valence-corrected chi connectivity index (χ2v) is 6.78. The highest BCUT2D eigenvalue weighted by molar-refractivity contribution is 6.35. The lowest BCUT2D eigenvalue weighted by molar-refractivity contribution is -0.123. The van der Waals surface area contributed by atoms with E-state index in [1.165, 1.54) is 12.8 Å². The van der Waals surface area contributed by atoms with Crippen molar-refractivity contribution < 1.29 is 4.79 Å².